The van der Waals surface area contributed by atoms with Crippen LogP contribution in [0.1, 0.15) is 31.9 Å². The van der Waals surface area contributed by atoms with Gasteiger partial charge in [-0.3, -0.25) is 0 Å². The van der Waals surface area contributed by atoms with E-state index in [4.69, 9.17) is 4.74 Å². The van der Waals surface area contributed by atoms with Gasteiger partial charge in [0.05, 0.1) is 30.1 Å². The number of hydrogen-bond donors (Lipinski definition) is 1. The molecule has 7 heteroatoms. The maximum Gasteiger partial charge on any atom is 0.322 e. The quantitative estimate of drug-likeness (QED) is 0.930. The fourth-order valence-electron chi connectivity index (χ4n) is 3.03. The lowest BCUT2D eigenvalue weighted by Crippen LogP contribution is -2.53. The molecule has 1 aromatic heterocycles. The number of nitrogens with one attached hydrogen (secondary N) is 1. The van der Waals surface area contributed by atoms with E-state index in [0.29, 0.717) is 31.2 Å². The SMILES string of the molecule is CC[C@]1(C)CN(C(=O)Nc2ccccc2-n2nc(C)nc2C)CCO1. The number of nitrogens with zero attached hydrogens (tertiary/aromatic N) is 4. The highest BCUT2D eigenvalue weighted by Crippen LogP contribution is 2.24. The Morgan fingerprint density at radius 2 is 2.12 bits per heavy atom. The molecule has 0 saturated carbocycles. The highest BCUT2D eigenvalue weighted by molar-refractivity contribution is 5.91. The van der Waals surface area contributed by atoms with Crippen LogP contribution in [0.2, 0.25) is 0 Å². The molecule has 7 nitrogen and oxygen atoms in total. The van der Waals surface area contributed by atoms with Gasteiger partial charge in [0.2, 0.25) is 0 Å². The predicted molar refractivity (Wildman–Crippen MR) is 96.1 cm³/mol. The Labute approximate surface area is 148 Å². The molecule has 0 spiro atoms. The Hall–Kier alpha value is -2.41. The molecule has 1 aliphatic heterocycles. The minimum atomic E-state index is -0.283. The van der Waals surface area contributed by atoms with Crippen LogP contribution in [0.15, 0.2) is 24.3 Å². The average molecular weight is 343 g/mol. The van der Waals surface area contributed by atoms with Gasteiger partial charge < -0.3 is 15.0 Å². The normalized spacial score (nSPS) is 20.6. The molecule has 0 bridgehead atoms. The Bertz CT molecular complexity index is 773. The van der Waals surface area contributed by atoms with Crippen molar-refractivity contribution in [3.8, 4) is 5.69 Å². The van der Waals surface area contributed by atoms with Crippen LogP contribution >= 0.6 is 0 Å². The van der Waals surface area contributed by atoms with Gasteiger partial charge in [0.1, 0.15) is 11.6 Å². The summed E-state index contributed by atoms with van der Waals surface area (Å²) in [6.07, 6.45) is 0.866. The third-order valence-electron chi connectivity index (χ3n) is 4.62. The zero-order chi connectivity index (χ0) is 18.0. The third kappa shape index (κ3) is 3.66. The molecule has 0 unspecified atom stereocenters. The molecule has 2 heterocycles. The van der Waals surface area contributed by atoms with Gasteiger partial charge in [-0.2, -0.15) is 5.10 Å². The van der Waals surface area contributed by atoms with Crippen molar-refractivity contribution < 1.29 is 9.53 Å². The molecule has 1 atom stereocenters. The largest absolute Gasteiger partial charge is 0.372 e. The number of amides is 2. The first-order valence-corrected chi connectivity index (χ1v) is 8.61. The van der Waals surface area contributed by atoms with E-state index in [1.54, 1.807) is 4.68 Å². The number of benzene rings is 1. The molecule has 1 fully saturated rings. The lowest BCUT2D eigenvalue weighted by Gasteiger charge is -2.40. The predicted octanol–water partition coefficient (Wildman–Crippen LogP) is 2.92. The maximum absolute atomic E-state index is 12.8. The van der Waals surface area contributed by atoms with E-state index >= 15 is 0 Å². The van der Waals surface area contributed by atoms with Crippen LogP contribution in [0.3, 0.4) is 0 Å². The van der Waals surface area contributed by atoms with Crippen molar-refractivity contribution in [1.82, 2.24) is 19.7 Å². The van der Waals surface area contributed by atoms with E-state index < -0.39 is 0 Å². The zero-order valence-electron chi connectivity index (χ0n) is 15.2. The fourth-order valence-corrected chi connectivity index (χ4v) is 3.03. The van der Waals surface area contributed by atoms with Crippen LogP contribution in [-0.2, 0) is 4.74 Å². The summed E-state index contributed by atoms with van der Waals surface area (Å²) in [6, 6.07) is 7.50. The molecule has 1 aromatic carbocycles. The molecule has 2 amide bonds. The number of urea groups is 1. The van der Waals surface area contributed by atoms with E-state index in [1.807, 2.05) is 49.9 Å². The summed E-state index contributed by atoms with van der Waals surface area (Å²) in [5.41, 5.74) is 1.24. The molecule has 134 valence electrons. The molecule has 1 aliphatic rings. The highest BCUT2D eigenvalue weighted by Gasteiger charge is 2.32. The van der Waals surface area contributed by atoms with Crippen LogP contribution in [0, 0.1) is 13.8 Å². The number of aryl methyl sites for hydroxylation is 2. The number of hydrogen-bond acceptors (Lipinski definition) is 4. The fraction of sp³-hybridized carbons (Fsp3) is 0.500. The number of ether oxygens (including phenoxy) is 1. The number of carbonyl (C=O) groups excluding carboxylic acids is 1. The van der Waals surface area contributed by atoms with Gasteiger partial charge in [-0.1, -0.05) is 19.1 Å². The maximum atomic E-state index is 12.8. The molecule has 2 aromatic rings. The second kappa shape index (κ2) is 6.84. The monoisotopic (exact) mass is 343 g/mol. The highest BCUT2D eigenvalue weighted by atomic mass is 16.5. The van der Waals surface area contributed by atoms with E-state index in [2.05, 4.69) is 22.3 Å². The third-order valence-corrected chi connectivity index (χ3v) is 4.62. The van der Waals surface area contributed by atoms with Crippen molar-refractivity contribution >= 4 is 11.7 Å². The van der Waals surface area contributed by atoms with Crippen molar-refractivity contribution in [2.24, 2.45) is 0 Å². The minimum Gasteiger partial charge on any atom is -0.372 e. The van der Waals surface area contributed by atoms with Crippen LogP contribution < -0.4 is 5.32 Å². The summed E-state index contributed by atoms with van der Waals surface area (Å²) >= 11 is 0. The second-order valence-corrected chi connectivity index (χ2v) is 6.64. The topological polar surface area (TPSA) is 72.3 Å². The summed E-state index contributed by atoms with van der Waals surface area (Å²) in [7, 11) is 0. The molecular formula is C18H25N5O2. The Balaban J connectivity index is 1.82. The summed E-state index contributed by atoms with van der Waals surface area (Å²) in [5.74, 6) is 1.48. The van der Waals surface area contributed by atoms with Gasteiger partial charge in [-0.25, -0.2) is 14.5 Å². The van der Waals surface area contributed by atoms with Crippen molar-refractivity contribution in [3.63, 3.8) is 0 Å². The van der Waals surface area contributed by atoms with Crippen molar-refractivity contribution in [2.75, 3.05) is 25.0 Å². The van der Waals surface area contributed by atoms with Crippen LogP contribution in [0.25, 0.3) is 5.69 Å². The van der Waals surface area contributed by atoms with Crippen molar-refractivity contribution in [1.29, 1.82) is 0 Å². The minimum absolute atomic E-state index is 0.120. The van der Waals surface area contributed by atoms with Crippen LogP contribution in [0.5, 0.6) is 0 Å². The summed E-state index contributed by atoms with van der Waals surface area (Å²) in [4.78, 5) is 18.9. The van der Waals surface area contributed by atoms with Gasteiger partial charge >= 0.3 is 6.03 Å². The first kappa shape index (κ1) is 17.4. The van der Waals surface area contributed by atoms with Gasteiger partial charge in [0, 0.05) is 6.54 Å². The van der Waals surface area contributed by atoms with E-state index in [0.717, 1.165) is 17.9 Å². The van der Waals surface area contributed by atoms with Gasteiger partial charge in [-0.05, 0) is 39.3 Å². The zero-order valence-corrected chi connectivity index (χ0v) is 15.2. The van der Waals surface area contributed by atoms with E-state index in [-0.39, 0.29) is 11.6 Å². The number of aromatic nitrogens is 3. The van der Waals surface area contributed by atoms with Crippen LogP contribution in [-0.4, -0.2) is 51.0 Å². The number of carbonyl (C=O) groups is 1. The Morgan fingerprint density at radius 1 is 1.36 bits per heavy atom. The smallest absolute Gasteiger partial charge is 0.322 e. The molecule has 0 radical (unpaired) electrons. The molecular weight excluding hydrogens is 318 g/mol. The molecule has 0 aliphatic carbocycles. The number of rotatable bonds is 3. The molecule has 1 N–H and O–H groups in total. The number of anilines is 1. The molecule has 3 rings (SSSR count). The Kier molecular flexibility index (Phi) is 4.76. The average Bonchev–Trinajstić information content (AvgIpc) is 2.93. The van der Waals surface area contributed by atoms with E-state index in [1.165, 1.54) is 0 Å². The first-order chi connectivity index (χ1) is 11.9. The lowest BCUT2D eigenvalue weighted by molar-refractivity contribution is -0.0860. The lowest BCUT2D eigenvalue weighted by atomic mass is 10.0. The van der Waals surface area contributed by atoms with E-state index in [9.17, 15) is 4.79 Å². The van der Waals surface area contributed by atoms with Gasteiger partial charge in [0.15, 0.2) is 0 Å². The van der Waals surface area contributed by atoms with Gasteiger partial charge in [0.25, 0.3) is 0 Å². The standard InChI is InChI=1S/C18H25N5O2/c1-5-18(4)12-22(10-11-25-18)17(24)20-15-8-6-7-9-16(15)23-14(3)19-13(2)21-23/h6-9H,5,10-12H2,1-4H3,(H,20,24)/t18-/m1/s1. The van der Waals surface area contributed by atoms with Gasteiger partial charge in [-0.15, -0.1) is 0 Å². The first-order valence-electron chi connectivity index (χ1n) is 8.61. The molecule has 1 saturated heterocycles. The second-order valence-electron chi connectivity index (χ2n) is 6.64. The summed E-state index contributed by atoms with van der Waals surface area (Å²) in [5, 5.41) is 7.44. The molecule has 25 heavy (non-hydrogen) atoms. The number of morpholine rings is 1. The van der Waals surface area contributed by atoms with Crippen molar-refractivity contribution in [3.05, 3.63) is 35.9 Å². The van der Waals surface area contributed by atoms with Crippen molar-refractivity contribution in [2.45, 2.75) is 39.7 Å². The Morgan fingerprint density at radius 3 is 2.80 bits per heavy atom. The number of para-hydroxylation sites is 2. The summed E-state index contributed by atoms with van der Waals surface area (Å²) < 4.78 is 7.56. The summed E-state index contributed by atoms with van der Waals surface area (Å²) in [6.45, 7) is 9.59. The van der Waals surface area contributed by atoms with Crippen LogP contribution in [0.4, 0.5) is 10.5 Å².